The Morgan fingerprint density at radius 2 is 2.05 bits per heavy atom. The topological polar surface area (TPSA) is 59.1 Å². The monoisotopic (exact) mass is 328 g/mol. The Hall–Kier alpha value is -1.53. The molecule has 6 heteroatoms. The second kappa shape index (κ2) is 5.63. The van der Waals surface area contributed by atoms with E-state index < -0.39 is 17.7 Å². The number of aromatic nitrogens is 1. The lowest BCUT2D eigenvalue weighted by atomic mass is 10.0. The molecular formula is C13H11BrF2N2O. The average Bonchev–Trinajstić information content (AvgIpc) is 2.39. The minimum absolute atomic E-state index is 0.0811. The van der Waals surface area contributed by atoms with Crippen LogP contribution in [0.4, 0.5) is 14.6 Å². The number of aliphatic hydroxyl groups is 1. The van der Waals surface area contributed by atoms with Crippen molar-refractivity contribution in [1.29, 1.82) is 0 Å². The van der Waals surface area contributed by atoms with Gasteiger partial charge in [0.1, 0.15) is 5.82 Å². The summed E-state index contributed by atoms with van der Waals surface area (Å²) in [4.78, 5) is 3.90. The number of halogens is 3. The number of aliphatic hydroxyl groups excluding tert-OH is 1. The largest absolute Gasteiger partial charge is 0.388 e. The third-order valence-corrected chi connectivity index (χ3v) is 3.57. The summed E-state index contributed by atoms with van der Waals surface area (Å²) in [5.74, 6) is -1.68. The maximum Gasteiger partial charge on any atom is 0.173 e. The van der Waals surface area contributed by atoms with Gasteiger partial charge in [0.25, 0.3) is 0 Å². The fraction of sp³-hybridized carbons (Fsp3) is 0.154. The van der Waals surface area contributed by atoms with Gasteiger partial charge in [-0.2, -0.15) is 0 Å². The average molecular weight is 329 g/mol. The standard InChI is InChI=1S/C13H11BrF2N2O/c14-11-8(3-4-9(15)12(11)16)10(19)6-7-2-1-5-18-13(7)17/h1-5,10,19H,6H2,(H2,17,18). The molecule has 100 valence electrons. The van der Waals surface area contributed by atoms with E-state index in [-0.39, 0.29) is 16.5 Å². The Labute approximate surface area is 117 Å². The van der Waals surface area contributed by atoms with Crippen LogP contribution in [-0.2, 0) is 6.42 Å². The quantitative estimate of drug-likeness (QED) is 0.851. The normalized spacial score (nSPS) is 12.4. The first kappa shape index (κ1) is 13.9. The first-order valence-corrected chi connectivity index (χ1v) is 6.31. The van der Waals surface area contributed by atoms with E-state index in [0.29, 0.717) is 11.4 Å². The zero-order chi connectivity index (χ0) is 14.0. The Balaban J connectivity index is 2.28. The maximum absolute atomic E-state index is 13.4. The van der Waals surface area contributed by atoms with Gasteiger partial charge >= 0.3 is 0 Å². The summed E-state index contributed by atoms with van der Waals surface area (Å²) in [6.07, 6.45) is 0.707. The van der Waals surface area contributed by atoms with E-state index in [9.17, 15) is 13.9 Å². The van der Waals surface area contributed by atoms with Crippen LogP contribution in [0.15, 0.2) is 34.9 Å². The molecule has 2 rings (SSSR count). The predicted octanol–water partition coefficient (Wildman–Crippen LogP) is 2.98. The van der Waals surface area contributed by atoms with Crippen LogP contribution in [0.2, 0.25) is 0 Å². The maximum atomic E-state index is 13.4. The van der Waals surface area contributed by atoms with Gasteiger partial charge in [-0.25, -0.2) is 13.8 Å². The molecule has 0 saturated carbocycles. The van der Waals surface area contributed by atoms with Gasteiger partial charge < -0.3 is 10.8 Å². The number of hydrogen-bond donors (Lipinski definition) is 2. The molecule has 3 N–H and O–H groups in total. The van der Waals surface area contributed by atoms with Crippen LogP contribution in [0.25, 0.3) is 0 Å². The first-order chi connectivity index (χ1) is 9.00. The van der Waals surface area contributed by atoms with Crippen LogP contribution >= 0.6 is 15.9 Å². The molecule has 1 unspecified atom stereocenters. The second-order valence-corrected chi connectivity index (χ2v) is 4.83. The lowest BCUT2D eigenvalue weighted by molar-refractivity contribution is 0.177. The minimum atomic E-state index is -1.02. The van der Waals surface area contributed by atoms with E-state index >= 15 is 0 Å². The lowest BCUT2D eigenvalue weighted by Crippen LogP contribution is -2.07. The highest BCUT2D eigenvalue weighted by Gasteiger charge is 2.18. The fourth-order valence-electron chi connectivity index (χ4n) is 1.74. The highest BCUT2D eigenvalue weighted by molar-refractivity contribution is 9.10. The highest BCUT2D eigenvalue weighted by Crippen LogP contribution is 2.30. The molecular weight excluding hydrogens is 318 g/mol. The van der Waals surface area contributed by atoms with Crippen molar-refractivity contribution in [3.05, 3.63) is 57.7 Å². The van der Waals surface area contributed by atoms with Crippen LogP contribution in [0, 0.1) is 11.6 Å². The summed E-state index contributed by atoms with van der Waals surface area (Å²) in [6, 6.07) is 5.73. The number of nitrogen functional groups attached to an aromatic ring is 1. The molecule has 0 amide bonds. The number of rotatable bonds is 3. The summed E-state index contributed by atoms with van der Waals surface area (Å²) in [7, 11) is 0. The van der Waals surface area contributed by atoms with Crippen molar-refractivity contribution in [2.24, 2.45) is 0 Å². The third-order valence-electron chi connectivity index (χ3n) is 2.76. The van der Waals surface area contributed by atoms with E-state index in [4.69, 9.17) is 5.73 Å². The van der Waals surface area contributed by atoms with E-state index in [0.717, 1.165) is 6.07 Å². The van der Waals surface area contributed by atoms with E-state index in [1.165, 1.54) is 6.07 Å². The number of anilines is 1. The van der Waals surface area contributed by atoms with Gasteiger partial charge in [-0.1, -0.05) is 12.1 Å². The van der Waals surface area contributed by atoms with Gasteiger partial charge in [0, 0.05) is 12.6 Å². The second-order valence-electron chi connectivity index (χ2n) is 4.03. The van der Waals surface area contributed by atoms with Crippen molar-refractivity contribution in [2.75, 3.05) is 5.73 Å². The Morgan fingerprint density at radius 3 is 2.74 bits per heavy atom. The van der Waals surface area contributed by atoms with Crippen LogP contribution in [-0.4, -0.2) is 10.1 Å². The molecule has 1 aromatic heterocycles. The SMILES string of the molecule is Nc1ncccc1CC(O)c1ccc(F)c(F)c1Br. The molecule has 1 heterocycles. The molecule has 0 fully saturated rings. The zero-order valence-corrected chi connectivity index (χ0v) is 11.4. The number of hydrogen-bond acceptors (Lipinski definition) is 3. The highest BCUT2D eigenvalue weighted by atomic mass is 79.9. The number of benzene rings is 1. The fourth-order valence-corrected chi connectivity index (χ4v) is 2.33. The Morgan fingerprint density at radius 1 is 1.32 bits per heavy atom. The Bertz CT molecular complexity index is 607. The molecule has 0 aliphatic rings. The molecule has 2 aromatic rings. The molecule has 0 spiro atoms. The van der Waals surface area contributed by atoms with Gasteiger partial charge in [-0.3, -0.25) is 0 Å². The van der Waals surface area contributed by atoms with Crippen LogP contribution in [0.1, 0.15) is 17.2 Å². The van der Waals surface area contributed by atoms with E-state index in [1.54, 1.807) is 18.3 Å². The van der Waals surface area contributed by atoms with Crippen molar-refractivity contribution >= 4 is 21.7 Å². The van der Waals surface area contributed by atoms with Crippen molar-refractivity contribution in [2.45, 2.75) is 12.5 Å². The predicted molar refractivity (Wildman–Crippen MR) is 71.4 cm³/mol. The number of nitrogens with zero attached hydrogens (tertiary/aromatic N) is 1. The van der Waals surface area contributed by atoms with Crippen molar-refractivity contribution in [1.82, 2.24) is 4.98 Å². The number of nitrogens with two attached hydrogens (primary N) is 1. The summed E-state index contributed by atoms with van der Waals surface area (Å²) < 4.78 is 26.3. The van der Waals surface area contributed by atoms with E-state index in [1.807, 2.05) is 0 Å². The third kappa shape index (κ3) is 2.90. The molecule has 0 saturated heterocycles. The molecule has 0 radical (unpaired) electrons. The van der Waals surface area contributed by atoms with Gasteiger partial charge in [0.2, 0.25) is 0 Å². The summed E-state index contributed by atoms with van der Waals surface area (Å²) >= 11 is 2.94. The van der Waals surface area contributed by atoms with Gasteiger partial charge in [-0.05, 0) is 39.2 Å². The molecule has 19 heavy (non-hydrogen) atoms. The van der Waals surface area contributed by atoms with E-state index in [2.05, 4.69) is 20.9 Å². The minimum Gasteiger partial charge on any atom is -0.388 e. The Kier molecular flexibility index (Phi) is 4.11. The first-order valence-electron chi connectivity index (χ1n) is 5.51. The zero-order valence-electron chi connectivity index (χ0n) is 9.78. The van der Waals surface area contributed by atoms with Gasteiger partial charge in [-0.15, -0.1) is 0 Å². The van der Waals surface area contributed by atoms with Crippen LogP contribution < -0.4 is 5.73 Å². The smallest absolute Gasteiger partial charge is 0.173 e. The molecule has 1 aromatic carbocycles. The summed E-state index contributed by atoms with van der Waals surface area (Å²) in [6.45, 7) is 0. The molecule has 0 aliphatic carbocycles. The summed E-state index contributed by atoms with van der Waals surface area (Å²) in [5.41, 5.74) is 6.58. The number of pyridine rings is 1. The molecule has 1 atom stereocenters. The van der Waals surface area contributed by atoms with Gasteiger partial charge in [0.15, 0.2) is 11.6 Å². The van der Waals surface area contributed by atoms with Crippen molar-refractivity contribution in [3.8, 4) is 0 Å². The van der Waals surface area contributed by atoms with Crippen molar-refractivity contribution < 1.29 is 13.9 Å². The molecule has 0 bridgehead atoms. The molecule has 0 aliphatic heterocycles. The summed E-state index contributed by atoms with van der Waals surface area (Å²) in [5, 5.41) is 10.1. The van der Waals surface area contributed by atoms with Gasteiger partial charge in [0.05, 0.1) is 10.6 Å². The molecule has 3 nitrogen and oxygen atoms in total. The van der Waals surface area contributed by atoms with Crippen molar-refractivity contribution in [3.63, 3.8) is 0 Å². The lowest BCUT2D eigenvalue weighted by Gasteiger charge is -2.14. The van der Waals surface area contributed by atoms with Crippen LogP contribution in [0.3, 0.4) is 0 Å². The van der Waals surface area contributed by atoms with Crippen LogP contribution in [0.5, 0.6) is 0 Å².